The molecule has 0 aliphatic rings. The van der Waals surface area contributed by atoms with E-state index in [-0.39, 0.29) is 24.5 Å². The maximum absolute atomic E-state index is 12.6. The molecule has 172 valence electrons. The molecule has 0 bridgehead atoms. The standard InChI is InChI=1S/C24H30N2O6/c1-5-6-13-31-24(29)17-7-10-19(11-8-17)26-23(28)18-9-12-20(21(14-18)30-4)32-15-22(27)25-16(2)3/h7-12,14,16H,5-6,13,15H2,1-4H3,(H,25,27)(H,26,28). The minimum absolute atomic E-state index is 0.0137. The topological polar surface area (TPSA) is 103 Å². The van der Waals surface area contributed by atoms with Crippen LogP contribution in [0.1, 0.15) is 54.3 Å². The molecular formula is C24H30N2O6. The first-order valence-electron chi connectivity index (χ1n) is 10.5. The third kappa shape index (κ3) is 7.61. The normalized spacial score (nSPS) is 10.4. The fourth-order valence-corrected chi connectivity index (χ4v) is 2.72. The minimum atomic E-state index is -0.390. The molecule has 0 atom stereocenters. The zero-order valence-electron chi connectivity index (χ0n) is 18.9. The molecule has 0 aliphatic carbocycles. The molecular weight excluding hydrogens is 412 g/mol. The van der Waals surface area contributed by atoms with Crippen molar-refractivity contribution in [3.05, 3.63) is 53.6 Å². The van der Waals surface area contributed by atoms with Crippen molar-refractivity contribution in [2.75, 3.05) is 25.6 Å². The highest BCUT2D eigenvalue weighted by Gasteiger charge is 2.14. The van der Waals surface area contributed by atoms with Crippen LogP contribution in [0.3, 0.4) is 0 Å². The maximum atomic E-state index is 12.6. The zero-order valence-corrected chi connectivity index (χ0v) is 18.9. The number of carbonyl (C=O) groups excluding carboxylic acids is 3. The van der Waals surface area contributed by atoms with Gasteiger partial charge in [-0.15, -0.1) is 0 Å². The maximum Gasteiger partial charge on any atom is 0.338 e. The number of hydrogen-bond donors (Lipinski definition) is 2. The molecule has 0 saturated carbocycles. The first-order chi connectivity index (χ1) is 15.3. The van der Waals surface area contributed by atoms with Gasteiger partial charge in [-0.2, -0.15) is 0 Å². The highest BCUT2D eigenvalue weighted by molar-refractivity contribution is 6.05. The van der Waals surface area contributed by atoms with E-state index < -0.39 is 5.97 Å². The number of hydrogen-bond acceptors (Lipinski definition) is 6. The molecule has 2 aromatic rings. The molecule has 2 N–H and O–H groups in total. The molecule has 0 aliphatic heterocycles. The Hall–Kier alpha value is -3.55. The summed E-state index contributed by atoms with van der Waals surface area (Å²) in [5.74, 6) is -0.306. The quantitative estimate of drug-likeness (QED) is 0.405. The second-order valence-electron chi connectivity index (χ2n) is 7.40. The molecule has 0 spiro atoms. The second-order valence-corrected chi connectivity index (χ2v) is 7.40. The smallest absolute Gasteiger partial charge is 0.338 e. The van der Waals surface area contributed by atoms with Crippen LogP contribution in [0, 0.1) is 0 Å². The first kappa shape index (κ1) is 24.7. The van der Waals surface area contributed by atoms with Gasteiger partial charge in [-0.25, -0.2) is 4.79 Å². The summed E-state index contributed by atoms with van der Waals surface area (Å²) in [6, 6.07) is 11.2. The van der Waals surface area contributed by atoms with Crippen molar-refractivity contribution in [1.82, 2.24) is 5.32 Å². The zero-order chi connectivity index (χ0) is 23.5. The Labute approximate surface area is 188 Å². The van der Waals surface area contributed by atoms with Gasteiger partial charge >= 0.3 is 5.97 Å². The summed E-state index contributed by atoms with van der Waals surface area (Å²) in [6.07, 6.45) is 1.77. The fourth-order valence-electron chi connectivity index (χ4n) is 2.72. The monoisotopic (exact) mass is 442 g/mol. The van der Waals surface area contributed by atoms with E-state index >= 15 is 0 Å². The molecule has 2 rings (SSSR count). The van der Waals surface area contributed by atoms with Crippen LogP contribution in [-0.2, 0) is 9.53 Å². The summed E-state index contributed by atoms with van der Waals surface area (Å²) >= 11 is 0. The van der Waals surface area contributed by atoms with Crippen LogP contribution in [0.15, 0.2) is 42.5 Å². The summed E-state index contributed by atoms with van der Waals surface area (Å²) in [5, 5.41) is 5.50. The largest absolute Gasteiger partial charge is 0.493 e. The van der Waals surface area contributed by atoms with Gasteiger partial charge in [0, 0.05) is 17.3 Å². The van der Waals surface area contributed by atoms with Crippen LogP contribution in [0.5, 0.6) is 11.5 Å². The number of nitrogens with one attached hydrogen (secondary N) is 2. The van der Waals surface area contributed by atoms with Crippen LogP contribution in [0.25, 0.3) is 0 Å². The van der Waals surface area contributed by atoms with Gasteiger partial charge in [0.05, 0.1) is 19.3 Å². The molecule has 2 amide bonds. The second kappa shape index (κ2) is 12.3. The molecule has 0 heterocycles. The Morgan fingerprint density at radius 3 is 2.28 bits per heavy atom. The lowest BCUT2D eigenvalue weighted by molar-refractivity contribution is -0.123. The third-order valence-electron chi connectivity index (χ3n) is 4.34. The molecule has 8 nitrogen and oxygen atoms in total. The number of amides is 2. The van der Waals surface area contributed by atoms with E-state index in [2.05, 4.69) is 10.6 Å². The minimum Gasteiger partial charge on any atom is -0.493 e. The third-order valence-corrected chi connectivity index (χ3v) is 4.34. The summed E-state index contributed by atoms with van der Waals surface area (Å²) in [7, 11) is 1.45. The lowest BCUT2D eigenvalue weighted by Gasteiger charge is -2.13. The summed E-state index contributed by atoms with van der Waals surface area (Å²) in [5.41, 5.74) is 1.30. The molecule has 0 aromatic heterocycles. The molecule has 0 saturated heterocycles. The predicted molar refractivity (Wildman–Crippen MR) is 121 cm³/mol. The average molecular weight is 443 g/mol. The van der Waals surface area contributed by atoms with E-state index in [9.17, 15) is 14.4 Å². The van der Waals surface area contributed by atoms with Crippen molar-refractivity contribution >= 4 is 23.5 Å². The number of rotatable bonds is 11. The van der Waals surface area contributed by atoms with Crippen molar-refractivity contribution in [1.29, 1.82) is 0 Å². The number of carbonyl (C=O) groups is 3. The van der Waals surface area contributed by atoms with Gasteiger partial charge in [0.1, 0.15) is 0 Å². The Kier molecular flexibility index (Phi) is 9.53. The van der Waals surface area contributed by atoms with Crippen LogP contribution >= 0.6 is 0 Å². The fraction of sp³-hybridized carbons (Fsp3) is 0.375. The van der Waals surface area contributed by atoms with Crippen LogP contribution in [0.4, 0.5) is 5.69 Å². The Morgan fingerprint density at radius 1 is 0.969 bits per heavy atom. The van der Waals surface area contributed by atoms with Gasteiger partial charge in [-0.05, 0) is 62.7 Å². The van der Waals surface area contributed by atoms with E-state index in [0.29, 0.717) is 34.9 Å². The van der Waals surface area contributed by atoms with Gasteiger partial charge in [-0.1, -0.05) is 13.3 Å². The van der Waals surface area contributed by atoms with Crippen molar-refractivity contribution < 1.29 is 28.6 Å². The summed E-state index contributed by atoms with van der Waals surface area (Å²) in [4.78, 5) is 36.3. The van der Waals surface area contributed by atoms with Crippen molar-refractivity contribution in [3.8, 4) is 11.5 Å². The first-order valence-corrected chi connectivity index (χ1v) is 10.5. The van der Waals surface area contributed by atoms with Crippen molar-refractivity contribution in [2.45, 2.75) is 39.7 Å². The Morgan fingerprint density at radius 2 is 1.66 bits per heavy atom. The van der Waals surface area contributed by atoms with E-state index in [1.807, 2.05) is 20.8 Å². The SMILES string of the molecule is CCCCOC(=O)c1ccc(NC(=O)c2ccc(OCC(=O)NC(C)C)c(OC)c2)cc1. The lowest BCUT2D eigenvalue weighted by atomic mass is 10.1. The van der Waals surface area contributed by atoms with Crippen molar-refractivity contribution in [3.63, 3.8) is 0 Å². The highest BCUT2D eigenvalue weighted by atomic mass is 16.5. The van der Waals surface area contributed by atoms with Gasteiger partial charge < -0.3 is 24.8 Å². The van der Waals surface area contributed by atoms with E-state index in [4.69, 9.17) is 14.2 Å². The number of unbranched alkanes of at least 4 members (excludes halogenated alkanes) is 1. The van der Waals surface area contributed by atoms with Gasteiger partial charge in [0.2, 0.25) is 0 Å². The highest BCUT2D eigenvalue weighted by Crippen LogP contribution is 2.28. The lowest BCUT2D eigenvalue weighted by Crippen LogP contribution is -2.34. The van der Waals surface area contributed by atoms with E-state index in [0.717, 1.165) is 12.8 Å². The van der Waals surface area contributed by atoms with Crippen LogP contribution < -0.4 is 20.1 Å². The molecule has 8 heteroatoms. The number of anilines is 1. The molecule has 32 heavy (non-hydrogen) atoms. The Bertz CT molecular complexity index is 925. The number of benzene rings is 2. The van der Waals surface area contributed by atoms with Gasteiger partial charge in [-0.3, -0.25) is 9.59 Å². The average Bonchev–Trinajstić information content (AvgIpc) is 2.77. The molecule has 0 radical (unpaired) electrons. The van der Waals surface area contributed by atoms with Crippen molar-refractivity contribution in [2.24, 2.45) is 0 Å². The number of esters is 1. The molecule has 0 fully saturated rings. The predicted octanol–water partition coefficient (Wildman–Crippen LogP) is 3.81. The Balaban J connectivity index is 1.99. The summed E-state index contributed by atoms with van der Waals surface area (Å²) in [6.45, 7) is 5.97. The van der Waals surface area contributed by atoms with Gasteiger partial charge in [0.25, 0.3) is 11.8 Å². The van der Waals surface area contributed by atoms with Crippen LogP contribution in [-0.4, -0.2) is 44.1 Å². The van der Waals surface area contributed by atoms with Gasteiger partial charge in [0.15, 0.2) is 18.1 Å². The van der Waals surface area contributed by atoms with E-state index in [1.165, 1.54) is 13.2 Å². The summed E-state index contributed by atoms with van der Waals surface area (Å²) < 4.78 is 16.0. The molecule has 2 aromatic carbocycles. The number of ether oxygens (including phenoxy) is 3. The van der Waals surface area contributed by atoms with E-state index in [1.54, 1.807) is 36.4 Å². The van der Waals surface area contributed by atoms with Crippen LogP contribution in [0.2, 0.25) is 0 Å². The molecule has 0 unspecified atom stereocenters. The number of methoxy groups -OCH3 is 1.